The van der Waals surface area contributed by atoms with Gasteiger partial charge in [-0.15, -0.1) is 0 Å². The number of pyridine rings is 1. The normalized spacial score (nSPS) is 16.1. The van der Waals surface area contributed by atoms with E-state index in [9.17, 15) is 9.59 Å². The molecule has 1 aliphatic heterocycles. The molecule has 0 bridgehead atoms. The number of hydrogen-bond acceptors (Lipinski definition) is 3. The maximum Gasteiger partial charge on any atom is 0.306 e. The third kappa shape index (κ3) is 3.39. The number of carboxylic acid groups (broad SMARTS) is 1. The molecular formula is C18H18N2O3. The molecule has 1 saturated heterocycles. The van der Waals surface area contributed by atoms with Crippen LogP contribution in [0.4, 0.5) is 0 Å². The predicted octanol–water partition coefficient (Wildman–Crippen LogP) is 2.57. The van der Waals surface area contributed by atoms with Crippen molar-refractivity contribution in [2.24, 2.45) is 5.92 Å². The molecule has 0 radical (unpaired) electrons. The fraction of sp³-hybridized carbons (Fsp3) is 0.278. The van der Waals surface area contributed by atoms with E-state index in [2.05, 4.69) is 4.98 Å². The molecule has 1 N–H and O–H groups in total. The zero-order valence-corrected chi connectivity index (χ0v) is 12.7. The Kier molecular flexibility index (Phi) is 4.37. The minimum absolute atomic E-state index is 0.0743. The molecule has 23 heavy (non-hydrogen) atoms. The van der Waals surface area contributed by atoms with E-state index >= 15 is 0 Å². The molecule has 5 nitrogen and oxygen atoms in total. The summed E-state index contributed by atoms with van der Waals surface area (Å²) in [6.45, 7) is 0.995. The molecular weight excluding hydrogens is 292 g/mol. The summed E-state index contributed by atoms with van der Waals surface area (Å²) in [5.74, 6) is -1.17. The Morgan fingerprint density at radius 1 is 1.17 bits per heavy atom. The van der Waals surface area contributed by atoms with Gasteiger partial charge in [0.05, 0.1) is 11.4 Å². The Balaban J connectivity index is 1.70. The second-order valence-electron chi connectivity index (χ2n) is 5.69. The number of carbonyl (C=O) groups excluding carboxylic acids is 1. The van der Waals surface area contributed by atoms with Crippen molar-refractivity contribution in [3.63, 3.8) is 0 Å². The Morgan fingerprint density at radius 2 is 1.91 bits per heavy atom. The second kappa shape index (κ2) is 6.60. The zero-order chi connectivity index (χ0) is 16.2. The summed E-state index contributed by atoms with van der Waals surface area (Å²) in [7, 11) is 0. The van der Waals surface area contributed by atoms with Gasteiger partial charge in [-0.05, 0) is 36.6 Å². The minimum Gasteiger partial charge on any atom is -0.481 e. The van der Waals surface area contributed by atoms with Crippen molar-refractivity contribution in [3.8, 4) is 0 Å². The van der Waals surface area contributed by atoms with Gasteiger partial charge in [-0.25, -0.2) is 0 Å². The summed E-state index contributed by atoms with van der Waals surface area (Å²) in [5, 5.41) is 10.00. The summed E-state index contributed by atoms with van der Waals surface area (Å²) in [4.78, 5) is 29.2. The third-order valence-electron chi connectivity index (χ3n) is 4.24. The van der Waals surface area contributed by atoms with Gasteiger partial charge in [-0.2, -0.15) is 0 Å². The van der Waals surface area contributed by atoms with Crippen molar-refractivity contribution < 1.29 is 14.7 Å². The molecule has 5 heteroatoms. The molecule has 0 aliphatic carbocycles. The van der Waals surface area contributed by atoms with Crippen molar-refractivity contribution in [1.29, 1.82) is 0 Å². The zero-order valence-electron chi connectivity index (χ0n) is 12.7. The molecule has 0 atom stereocenters. The molecule has 1 aromatic heterocycles. The molecule has 3 rings (SSSR count). The van der Waals surface area contributed by atoms with Gasteiger partial charge in [0.1, 0.15) is 0 Å². The molecule has 1 aliphatic rings. The van der Waals surface area contributed by atoms with Crippen LogP contribution < -0.4 is 0 Å². The number of para-hydroxylation sites is 1. The molecule has 0 spiro atoms. The summed E-state index contributed by atoms with van der Waals surface area (Å²) >= 11 is 0. The van der Waals surface area contributed by atoms with Crippen LogP contribution in [0.25, 0.3) is 17.0 Å². The maximum atomic E-state index is 12.3. The number of hydrogen-bond donors (Lipinski definition) is 1. The van der Waals surface area contributed by atoms with E-state index in [4.69, 9.17) is 5.11 Å². The maximum absolute atomic E-state index is 12.3. The molecule has 1 aromatic carbocycles. The number of aromatic nitrogens is 1. The predicted molar refractivity (Wildman–Crippen MR) is 87.7 cm³/mol. The van der Waals surface area contributed by atoms with Crippen LogP contribution in [0.5, 0.6) is 0 Å². The van der Waals surface area contributed by atoms with E-state index < -0.39 is 5.97 Å². The Morgan fingerprint density at radius 3 is 2.65 bits per heavy atom. The SMILES string of the molecule is O=C(O)C1CCN(C(=O)C=Cc2ccnc3ccccc23)CC1. The fourth-order valence-electron chi connectivity index (χ4n) is 2.88. The van der Waals surface area contributed by atoms with Gasteiger partial charge >= 0.3 is 5.97 Å². The smallest absolute Gasteiger partial charge is 0.306 e. The number of likely N-dealkylation sites (tertiary alicyclic amines) is 1. The van der Waals surface area contributed by atoms with Crippen LogP contribution >= 0.6 is 0 Å². The molecule has 1 fully saturated rings. The Bertz CT molecular complexity index is 756. The number of carboxylic acids is 1. The topological polar surface area (TPSA) is 70.5 Å². The highest BCUT2D eigenvalue weighted by atomic mass is 16.4. The van der Waals surface area contributed by atoms with Crippen LogP contribution in [0, 0.1) is 5.92 Å². The van der Waals surface area contributed by atoms with Gasteiger partial charge < -0.3 is 10.0 Å². The van der Waals surface area contributed by atoms with E-state index in [1.165, 1.54) is 0 Å². The average molecular weight is 310 g/mol. The largest absolute Gasteiger partial charge is 0.481 e. The lowest BCUT2D eigenvalue weighted by atomic mass is 9.97. The highest BCUT2D eigenvalue weighted by molar-refractivity contribution is 5.95. The first-order valence-corrected chi connectivity index (χ1v) is 7.68. The van der Waals surface area contributed by atoms with Crippen molar-refractivity contribution in [1.82, 2.24) is 9.88 Å². The van der Waals surface area contributed by atoms with Crippen LogP contribution in [0.15, 0.2) is 42.6 Å². The number of fused-ring (bicyclic) bond motifs is 1. The summed E-state index contributed by atoms with van der Waals surface area (Å²) in [6, 6.07) is 9.67. The lowest BCUT2D eigenvalue weighted by molar-refractivity contribution is -0.144. The minimum atomic E-state index is -0.768. The molecule has 0 unspecified atom stereocenters. The Hall–Kier alpha value is -2.69. The number of aliphatic carboxylic acids is 1. The molecule has 0 saturated carbocycles. The number of rotatable bonds is 3. The standard InChI is InChI=1S/C18H18N2O3/c21-17(20-11-8-14(9-12-20)18(22)23)6-5-13-7-10-19-16-4-2-1-3-15(13)16/h1-7,10,14H,8-9,11-12H2,(H,22,23). The van der Waals surface area contributed by atoms with Gasteiger partial charge in [0.15, 0.2) is 0 Å². The van der Waals surface area contributed by atoms with E-state index in [-0.39, 0.29) is 11.8 Å². The first kappa shape index (κ1) is 15.2. The molecule has 118 valence electrons. The van der Waals surface area contributed by atoms with Gasteiger partial charge in [-0.3, -0.25) is 14.6 Å². The molecule has 2 heterocycles. The van der Waals surface area contributed by atoms with Gasteiger partial charge in [-0.1, -0.05) is 18.2 Å². The van der Waals surface area contributed by atoms with E-state index in [1.807, 2.05) is 30.3 Å². The molecule has 1 amide bonds. The average Bonchev–Trinajstić information content (AvgIpc) is 2.59. The van der Waals surface area contributed by atoms with E-state index in [0.29, 0.717) is 25.9 Å². The number of nitrogens with zero attached hydrogens (tertiary/aromatic N) is 2. The lowest BCUT2D eigenvalue weighted by Gasteiger charge is -2.29. The summed E-state index contributed by atoms with van der Waals surface area (Å²) in [5.41, 5.74) is 1.84. The number of benzene rings is 1. The van der Waals surface area contributed by atoms with Gasteiger partial charge in [0.25, 0.3) is 0 Å². The van der Waals surface area contributed by atoms with Crippen LogP contribution in [0.1, 0.15) is 18.4 Å². The second-order valence-corrected chi connectivity index (χ2v) is 5.69. The Labute approximate surface area is 134 Å². The van der Waals surface area contributed by atoms with Crippen molar-refractivity contribution in [3.05, 3.63) is 48.2 Å². The first-order chi connectivity index (χ1) is 11.1. The first-order valence-electron chi connectivity index (χ1n) is 7.68. The van der Waals surface area contributed by atoms with Crippen molar-refractivity contribution in [2.75, 3.05) is 13.1 Å². The van der Waals surface area contributed by atoms with Crippen molar-refractivity contribution in [2.45, 2.75) is 12.8 Å². The summed E-state index contributed by atoms with van der Waals surface area (Å²) < 4.78 is 0. The number of amides is 1. The van der Waals surface area contributed by atoms with Gasteiger partial charge in [0, 0.05) is 30.7 Å². The van der Waals surface area contributed by atoms with Crippen LogP contribution in [-0.2, 0) is 9.59 Å². The van der Waals surface area contributed by atoms with E-state index in [1.54, 1.807) is 23.2 Å². The summed E-state index contributed by atoms with van der Waals surface area (Å²) in [6.07, 6.45) is 6.13. The lowest BCUT2D eigenvalue weighted by Crippen LogP contribution is -2.39. The fourth-order valence-corrected chi connectivity index (χ4v) is 2.88. The highest BCUT2D eigenvalue weighted by Gasteiger charge is 2.25. The quantitative estimate of drug-likeness (QED) is 0.885. The van der Waals surface area contributed by atoms with Crippen LogP contribution in [0.2, 0.25) is 0 Å². The van der Waals surface area contributed by atoms with Crippen LogP contribution in [0.3, 0.4) is 0 Å². The molecule has 2 aromatic rings. The van der Waals surface area contributed by atoms with Gasteiger partial charge in [0.2, 0.25) is 5.91 Å². The number of carbonyl (C=O) groups is 2. The monoisotopic (exact) mass is 310 g/mol. The number of piperidine rings is 1. The third-order valence-corrected chi connectivity index (χ3v) is 4.24. The van der Waals surface area contributed by atoms with Crippen LogP contribution in [-0.4, -0.2) is 40.0 Å². The van der Waals surface area contributed by atoms with E-state index in [0.717, 1.165) is 16.5 Å². The highest BCUT2D eigenvalue weighted by Crippen LogP contribution is 2.19. The van der Waals surface area contributed by atoms with Crippen molar-refractivity contribution >= 4 is 28.9 Å².